The van der Waals surface area contributed by atoms with Crippen LogP contribution in [0.5, 0.6) is 0 Å². The van der Waals surface area contributed by atoms with Gasteiger partial charge in [-0.05, 0) is 66.8 Å². The number of aromatic nitrogens is 5. The van der Waals surface area contributed by atoms with Crippen LogP contribution in [0.2, 0.25) is 0 Å². The second-order valence-corrected chi connectivity index (χ2v) is 9.61. The number of hydrogen-bond acceptors (Lipinski definition) is 7. The lowest BCUT2D eigenvalue weighted by Gasteiger charge is -2.20. The zero-order chi connectivity index (χ0) is 25.1. The lowest BCUT2D eigenvalue weighted by molar-refractivity contribution is -0.120. The number of anilines is 5. The summed E-state index contributed by atoms with van der Waals surface area (Å²) in [5.74, 6) is 1.92. The molecule has 1 amide bonds. The first-order chi connectivity index (χ1) is 18.0. The van der Waals surface area contributed by atoms with Crippen LogP contribution >= 0.6 is 0 Å². The topological polar surface area (TPSA) is 140 Å². The Kier molecular flexibility index (Phi) is 4.47. The standard InChI is InChI=1S/C27H22N8O2/c1-14-7-18(9-20-23(14)34-26(37)33-20)32-22-10-21(29-13-30-22)31-17-5-4-15-11-27(12-16(15)8-17)19-3-2-6-28-24(19)35-25(27)36/h2-10,13H,11-12H2,1H3,(H,28,35,36)(H2,33,34,37)(H2,29,30,31,32). The molecule has 7 rings (SSSR count). The lowest BCUT2D eigenvalue weighted by Crippen LogP contribution is -2.35. The molecule has 0 radical (unpaired) electrons. The van der Waals surface area contributed by atoms with Gasteiger partial charge < -0.3 is 25.9 Å². The van der Waals surface area contributed by atoms with E-state index in [0.29, 0.717) is 30.3 Å². The molecule has 0 saturated heterocycles. The minimum Gasteiger partial charge on any atom is -0.340 e. The van der Waals surface area contributed by atoms with Crippen molar-refractivity contribution >= 4 is 45.8 Å². The van der Waals surface area contributed by atoms with Crippen molar-refractivity contribution < 1.29 is 4.79 Å². The maximum atomic E-state index is 13.0. The number of nitrogens with one attached hydrogen (secondary N) is 5. The Balaban J connectivity index is 1.13. The van der Waals surface area contributed by atoms with Gasteiger partial charge in [-0.1, -0.05) is 12.1 Å². The molecule has 182 valence electrons. The number of hydrogen-bond donors (Lipinski definition) is 5. The fourth-order valence-electron chi connectivity index (χ4n) is 5.53. The van der Waals surface area contributed by atoms with Crippen LogP contribution in [0.1, 0.15) is 22.3 Å². The highest BCUT2D eigenvalue weighted by molar-refractivity contribution is 6.06. The molecule has 1 aliphatic heterocycles. The summed E-state index contributed by atoms with van der Waals surface area (Å²) in [5, 5.41) is 9.59. The summed E-state index contributed by atoms with van der Waals surface area (Å²) in [7, 11) is 0. The van der Waals surface area contributed by atoms with Gasteiger partial charge in [-0.15, -0.1) is 0 Å². The number of carbonyl (C=O) groups is 1. The molecule has 10 nitrogen and oxygen atoms in total. The number of nitrogens with zero attached hydrogens (tertiary/aromatic N) is 3. The van der Waals surface area contributed by atoms with Crippen molar-refractivity contribution in [3.05, 3.63) is 93.8 Å². The van der Waals surface area contributed by atoms with Crippen molar-refractivity contribution in [2.24, 2.45) is 0 Å². The smallest absolute Gasteiger partial charge is 0.323 e. The molecule has 0 saturated carbocycles. The number of benzene rings is 2. The normalized spacial score (nSPS) is 17.6. The zero-order valence-corrected chi connectivity index (χ0v) is 19.8. The first-order valence-electron chi connectivity index (χ1n) is 11.9. The van der Waals surface area contributed by atoms with Crippen LogP contribution in [-0.2, 0) is 23.1 Å². The summed E-state index contributed by atoms with van der Waals surface area (Å²) in [5.41, 5.74) is 6.57. The van der Waals surface area contributed by atoms with Gasteiger partial charge in [-0.25, -0.2) is 19.7 Å². The van der Waals surface area contributed by atoms with Crippen molar-refractivity contribution in [2.45, 2.75) is 25.2 Å². The monoisotopic (exact) mass is 490 g/mol. The molecular formula is C27H22N8O2. The van der Waals surface area contributed by atoms with Crippen LogP contribution in [-0.4, -0.2) is 30.8 Å². The number of pyridine rings is 1. The Labute approximate surface area is 210 Å². The largest absolute Gasteiger partial charge is 0.340 e. The van der Waals surface area contributed by atoms with Gasteiger partial charge in [-0.3, -0.25) is 4.79 Å². The number of H-pyrrole nitrogens is 2. The Bertz CT molecular complexity index is 1790. The average molecular weight is 491 g/mol. The van der Waals surface area contributed by atoms with Crippen molar-refractivity contribution in [2.75, 3.05) is 16.0 Å². The maximum Gasteiger partial charge on any atom is 0.323 e. The van der Waals surface area contributed by atoms with Crippen LogP contribution < -0.4 is 21.6 Å². The van der Waals surface area contributed by atoms with E-state index in [9.17, 15) is 9.59 Å². The van der Waals surface area contributed by atoms with Crippen molar-refractivity contribution in [1.29, 1.82) is 0 Å². The van der Waals surface area contributed by atoms with E-state index >= 15 is 0 Å². The molecular weight excluding hydrogens is 468 g/mol. The third-order valence-corrected chi connectivity index (χ3v) is 7.21. The molecule has 3 aromatic heterocycles. The molecule has 10 heteroatoms. The molecule has 1 atom stereocenters. The Morgan fingerprint density at radius 1 is 0.865 bits per heavy atom. The fraction of sp³-hybridized carbons (Fsp3) is 0.148. The molecule has 1 unspecified atom stereocenters. The first kappa shape index (κ1) is 21.3. The Morgan fingerprint density at radius 3 is 2.54 bits per heavy atom. The van der Waals surface area contributed by atoms with Gasteiger partial charge in [-0.2, -0.15) is 0 Å². The minimum absolute atomic E-state index is 0.00978. The highest BCUT2D eigenvalue weighted by Crippen LogP contribution is 2.47. The number of amides is 1. The summed E-state index contributed by atoms with van der Waals surface area (Å²) in [6.45, 7) is 1.94. The molecule has 0 fully saturated rings. The van der Waals surface area contributed by atoms with Crippen LogP contribution in [0.4, 0.5) is 28.8 Å². The number of carbonyl (C=O) groups excluding carboxylic acids is 1. The van der Waals surface area contributed by atoms with E-state index in [1.54, 1.807) is 6.20 Å². The second kappa shape index (κ2) is 7.76. The molecule has 1 spiro atoms. The summed E-state index contributed by atoms with van der Waals surface area (Å²) < 4.78 is 0. The van der Waals surface area contributed by atoms with Crippen LogP contribution in [0, 0.1) is 6.92 Å². The molecule has 4 heterocycles. The zero-order valence-electron chi connectivity index (χ0n) is 19.8. The quantitative estimate of drug-likeness (QED) is 0.258. The van der Waals surface area contributed by atoms with Gasteiger partial charge >= 0.3 is 5.69 Å². The summed E-state index contributed by atoms with van der Waals surface area (Å²) in [6, 6.07) is 15.7. The van der Waals surface area contributed by atoms with E-state index in [0.717, 1.165) is 44.7 Å². The molecule has 0 bridgehead atoms. The third-order valence-electron chi connectivity index (χ3n) is 7.21. The predicted octanol–water partition coefficient (Wildman–Crippen LogP) is 3.83. The van der Waals surface area contributed by atoms with E-state index in [1.165, 1.54) is 6.33 Å². The number of aryl methyl sites for hydroxylation is 1. The van der Waals surface area contributed by atoms with Crippen molar-refractivity contribution in [3.63, 3.8) is 0 Å². The molecule has 1 aliphatic carbocycles. The Hall–Kier alpha value is -4.99. The van der Waals surface area contributed by atoms with E-state index in [-0.39, 0.29) is 11.6 Å². The number of aromatic amines is 2. The van der Waals surface area contributed by atoms with Gasteiger partial charge in [0.05, 0.1) is 16.4 Å². The minimum atomic E-state index is -0.598. The van der Waals surface area contributed by atoms with Gasteiger partial charge in [0, 0.05) is 29.2 Å². The molecule has 37 heavy (non-hydrogen) atoms. The van der Waals surface area contributed by atoms with Crippen LogP contribution in [0.25, 0.3) is 11.0 Å². The highest BCUT2D eigenvalue weighted by atomic mass is 16.2. The highest BCUT2D eigenvalue weighted by Gasteiger charge is 2.51. The van der Waals surface area contributed by atoms with E-state index in [1.807, 2.05) is 43.3 Å². The van der Waals surface area contributed by atoms with Gasteiger partial charge in [0.1, 0.15) is 23.8 Å². The SMILES string of the molecule is Cc1cc(Nc2cc(Nc3ccc4c(c3)CC3(C4)C(=O)Nc4ncccc43)ncn2)cc2[nH]c(=O)[nH]c12. The average Bonchev–Trinajstić information content (AvgIpc) is 3.53. The number of imidazole rings is 1. The first-order valence-corrected chi connectivity index (χ1v) is 11.9. The van der Waals surface area contributed by atoms with E-state index < -0.39 is 5.41 Å². The summed E-state index contributed by atoms with van der Waals surface area (Å²) in [4.78, 5) is 43.3. The van der Waals surface area contributed by atoms with Crippen molar-refractivity contribution in [1.82, 2.24) is 24.9 Å². The lowest BCUT2D eigenvalue weighted by atomic mass is 9.79. The number of fused-ring (bicyclic) bond motifs is 4. The molecule has 5 N–H and O–H groups in total. The maximum absolute atomic E-state index is 13.0. The van der Waals surface area contributed by atoms with E-state index in [2.05, 4.69) is 53.0 Å². The third kappa shape index (κ3) is 3.45. The van der Waals surface area contributed by atoms with Crippen molar-refractivity contribution in [3.8, 4) is 0 Å². The molecule has 5 aromatic rings. The van der Waals surface area contributed by atoms with Gasteiger partial charge in [0.25, 0.3) is 0 Å². The van der Waals surface area contributed by atoms with Crippen LogP contribution in [0.15, 0.2) is 65.8 Å². The second-order valence-electron chi connectivity index (χ2n) is 9.61. The number of rotatable bonds is 4. The van der Waals surface area contributed by atoms with Crippen LogP contribution in [0.3, 0.4) is 0 Å². The molecule has 2 aliphatic rings. The fourth-order valence-corrected chi connectivity index (χ4v) is 5.53. The predicted molar refractivity (Wildman–Crippen MR) is 141 cm³/mol. The van der Waals surface area contributed by atoms with Gasteiger partial charge in [0.2, 0.25) is 5.91 Å². The Morgan fingerprint density at radius 2 is 1.68 bits per heavy atom. The summed E-state index contributed by atoms with van der Waals surface area (Å²) in [6.07, 6.45) is 4.48. The molecule has 2 aromatic carbocycles. The van der Waals surface area contributed by atoms with Gasteiger partial charge in [0.15, 0.2) is 0 Å². The summed E-state index contributed by atoms with van der Waals surface area (Å²) >= 11 is 0. The van der Waals surface area contributed by atoms with E-state index in [4.69, 9.17) is 0 Å².